The van der Waals surface area contributed by atoms with Crippen LogP contribution in [0.5, 0.6) is 0 Å². The zero-order valence-electron chi connectivity index (χ0n) is 9.38. The molecule has 0 radical (unpaired) electrons. The normalized spacial score (nSPS) is 9.44. The number of aromatic nitrogens is 1. The summed E-state index contributed by atoms with van der Waals surface area (Å²) in [5.41, 5.74) is 1.74. The number of rotatable bonds is 3. The van der Waals surface area contributed by atoms with Crippen LogP contribution in [0, 0.1) is 0 Å². The van der Waals surface area contributed by atoms with Gasteiger partial charge in [-0.3, -0.25) is 0 Å². The average Bonchev–Trinajstić information content (AvgIpc) is 2.82. The van der Waals surface area contributed by atoms with Gasteiger partial charge in [0.25, 0.3) is 0 Å². The van der Waals surface area contributed by atoms with E-state index in [2.05, 4.69) is 22.2 Å². The van der Waals surface area contributed by atoms with Crippen LogP contribution >= 0.6 is 12.9 Å². The van der Waals surface area contributed by atoms with Crippen molar-refractivity contribution < 1.29 is 8.71 Å². The molecular weight excluding hydrogens is 222 g/mol. The van der Waals surface area contributed by atoms with Crippen molar-refractivity contribution in [2.24, 2.45) is 0 Å². The summed E-state index contributed by atoms with van der Waals surface area (Å²) in [5.74, 6) is 0.742. The summed E-state index contributed by atoms with van der Waals surface area (Å²) < 4.78 is 9.79. The van der Waals surface area contributed by atoms with Gasteiger partial charge in [0.2, 0.25) is 0 Å². The van der Waals surface area contributed by atoms with E-state index in [-0.39, 0.29) is 0 Å². The van der Waals surface area contributed by atoms with E-state index in [1.165, 1.54) is 0 Å². The predicted molar refractivity (Wildman–Crippen MR) is 67.1 cm³/mol. The van der Waals surface area contributed by atoms with Crippen molar-refractivity contribution in [2.75, 3.05) is 0 Å². The Morgan fingerprint density at radius 1 is 1.25 bits per heavy atom. The number of nitrogens with zero attached hydrogens (tertiary/aromatic N) is 1. The lowest BCUT2D eigenvalue weighted by Gasteiger charge is -1.91. The van der Waals surface area contributed by atoms with Gasteiger partial charge in [0.15, 0.2) is 5.76 Å². The molecule has 4 heteroatoms. The Morgan fingerprint density at radius 3 is 2.56 bits per heavy atom. The van der Waals surface area contributed by atoms with Crippen LogP contribution in [0.3, 0.4) is 0 Å². The van der Waals surface area contributed by atoms with E-state index in [1.807, 2.05) is 50.2 Å². The summed E-state index contributed by atoms with van der Waals surface area (Å²) in [6.07, 6.45) is 0. The monoisotopic (exact) mass is 237 g/mol. The largest absolute Gasteiger partial charge is 0.356 e. The maximum Gasteiger partial charge on any atom is 0.167 e. The molecule has 0 aliphatic carbocycles. The van der Waals surface area contributed by atoms with Crippen LogP contribution < -0.4 is 0 Å². The molecule has 0 unspecified atom stereocenters. The van der Waals surface area contributed by atoms with Gasteiger partial charge in [0, 0.05) is 11.6 Å². The highest BCUT2D eigenvalue weighted by molar-refractivity contribution is 7.75. The smallest absolute Gasteiger partial charge is 0.167 e. The minimum absolute atomic E-state index is 0.347. The number of benzene rings is 1. The third kappa shape index (κ3) is 3.40. The quantitative estimate of drug-likeness (QED) is 0.652. The van der Waals surface area contributed by atoms with E-state index in [1.54, 1.807) is 0 Å². The molecule has 1 heterocycles. The van der Waals surface area contributed by atoms with Crippen LogP contribution in [0.25, 0.3) is 11.3 Å². The first-order chi connectivity index (χ1) is 7.90. The molecule has 0 fully saturated rings. The van der Waals surface area contributed by atoms with Crippen LogP contribution in [0.15, 0.2) is 40.9 Å². The lowest BCUT2D eigenvalue weighted by molar-refractivity contribution is 0.342. The highest BCUT2D eigenvalue weighted by Gasteiger charge is 2.05. The Hall–Kier alpha value is -1.26. The molecule has 0 bridgehead atoms. The highest BCUT2D eigenvalue weighted by Crippen LogP contribution is 2.19. The fourth-order valence-electron chi connectivity index (χ4n) is 1.18. The molecule has 1 aromatic carbocycles. The van der Waals surface area contributed by atoms with Gasteiger partial charge >= 0.3 is 0 Å². The summed E-state index contributed by atoms with van der Waals surface area (Å²) in [6, 6.07) is 11.6. The first-order valence-corrected chi connectivity index (χ1v) is 5.54. The van der Waals surface area contributed by atoms with Crippen LogP contribution in [-0.2, 0) is 10.8 Å². The molecular formula is C12H15NO2S. The topological polar surface area (TPSA) is 35.3 Å². The van der Waals surface area contributed by atoms with E-state index in [9.17, 15) is 0 Å². The Balaban J connectivity index is 0.000000606. The van der Waals surface area contributed by atoms with Crippen LogP contribution in [-0.4, -0.2) is 5.16 Å². The molecule has 0 aliphatic heterocycles. The summed E-state index contributed by atoms with van der Waals surface area (Å²) >= 11 is 3.65. The second-order valence-corrected chi connectivity index (χ2v) is 3.08. The van der Waals surface area contributed by atoms with Crippen LogP contribution in [0.2, 0.25) is 0 Å². The molecule has 0 spiro atoms. The average molecular weight is 237 g/mol. The van der Waals surface area contributed by atoms with Crippen molar-refractivity contribution in [1.29, 1.82) is 0 Å². The molecule has 1 aromatic heterocycles. The molecule has 16 heavy (non-hydrogen) atoms. The van der Waals surface area contributed by atoms with E-state index in [0.29, 0.717) is 6.61 Å². The first-order valence-electron chi connectivity index (χ1n) is 5.17. The van der Waals surface area contributed by atoms with E-state index in [0.717, 1.165) is 17.0 Å². The van der Waals surface area contributed by atoms with Gasteiger partial charge in [0.1, 0.15) is 12.3 Å². The Morgan fingerprint density at radius 2 is 1.94 bits per heavy atom. The van der Waals surface area contributed by atoms with Crippen molar-refractivity contribution in [3.05, 3.63) is 42.1 Å². The van der Waals surface area contributed by atoms with Gasteiger partial charge in [-0.15, -0.1) is 0 Å². The first kappa shape index (κ1) is 12.8. The molecule has 0 aliphatic rings. The van der Waals surface area contributed by atoms with Crippen LogP contribution in [0.4, 0.5) is 0 Å². The van der Waals surface area contributed by atoms with Gasteiger partial charge in [-0.1, -0.05) is 49.3 Å². The van der Waals surface area contributed by atoms with Gasteiger partial charge in [-0.05, 0) is 12.9 Å². The number of thiol groups is 1. The Bertz CT molecular complexity index is 400. The molecule has 0 N–H and O–H groups in total. The third-order valence-corrected chi connectivity index (χ3v) is 1.96. The van der Waals surface area contributed by atoms with Gasteiger partial charge in [-0.25, -0.2) is 0 Å². The fourth-order valence-corrected chi connectivity index (χ4v) is 1.32. The third-order valence-electron chi connectivity index (χ3n) is 1.83. The zero-order chi connectivity index (χ0) is 11.8. The molecule has 2 rings (SSSR count). The lowest BCUT2D eigenvalue weighted by Crippen LogP contribution is -1.81. The molecule has 86 valence electrons. The molecule has 0 atom stereocenters. The zero-order valence-corrected chi connectivity index (χ0v) is 10.3. The molecule has 2 aromatic rings. The summed E-state index contributed by atoms with van der Waals surface area (Å²) in [7, 11) is 0. The number of hydrogen-bond donors (Lipinski definition) is 1. The second-order valence-electron chi connectivity index (χ2n) is 2.82. The number of hydrogen-bond acceptors (Lipinski definition) is 4. The van der Waals surface area contributed by atoms with Crippen molar-refractivity contribution >= 4 is 12.9 Å². The van der Waals surface area contributed by atoms with E-state index in [4.69, 9.17) is 4.52 Å². The second kappa shape index (κ2) is 7.09. The summed E-state index contributed by atoms with van der Waals surface area (Å²) in [5, 5.41) is 3.83. The minimum Gasteiger partial charge on any atom is -0.356 e. The Labute approximate surface area is 101 Å². The van der Waals surface area contributed by atoms with Gasteiger partial charge in [-0.2, -0.15) is 0 Å². The maximum atomic E-state index is 5.14. The van der Waals surface area contributed by atoms with Crippen molar-refractivity contribution in [1.82, 2.24) is 5.16 Å². The van der Waals surface area contributed by atoms with Crippen LogP contribution in [0.1, 0.15) is 19.5 Å². The summed E-state index contributed by atoms with van der Waals surface area (Å²) in [4.78, 5) is 0. The van der Waals surface area contributed by atoms with Gasteiger partial charge in [0.05, 0.1) is 0 Å². The highest BCUT2D eigenvalue weighted by atomic mass is 32.1. The molecule has 0 amide bonds. The minimum atomic E-state index is 0.347. The van der Waals surface area contributed by atoms with Crippen molar-refractivity contribution in [3.63, 3.8) is 0 Å². The Kier molecular flexibility index (Phi) is 5.67. The van der Waals surface area contributed by atoms with Crippen molar-refractivity contribution in [2.45, 2.75) is 20.5 Å². The van der Waals surface area contributed by atoms with Crippen molar-refractivity contribution in [3.8, 4) is 11.3 Å². The van der Waals surface area contributed by atoms with E-state index < -0.39 is 0 Å². The SMILES string of the molecule is CC.SOCc1cc(-c2ccccc2)on1. The van der Waals surface area contributed by atoms with Gasteiger partial charge < -0.3 is 8.71 Å². The molecule has 0 saturated heterocycles. The standard InChI is InChI=1S/C10H9NO2S.C2H6/c14-12-7-9-6-10(13-11-9)8-4-2-1-3-5-8;1-2/h1-6,14H,7H2;1-2H3. The molecule has 3 nitrogen and oxygen atoms in total. The predicted octanol–water partition coefficient (Wildman–Crippen LogP) is 3.73. The molecule has 0 saturated carbocycles. The fraction of sp³-hybridized carbons (Fsp3) is 0.250. The lowest BCUT2D eigenvalue weighted by atomic mass is 10.2. The summed E-state index contributed by atoms with van der Waals surface area (Å²) in [6.45, 7) is 4.35. The maximum absolute atomic E-state index is 5.14. The van der Waals surface area contributed by atoms with E-state index >= 15 is 0 Å².